The minimum Gasteiger partial charge on any atom is -0.481 e. The molecule has 0 unspecified atom stereocenters. The zero-order valence-electron chi connectivity index (χ0n) is 10.7. The van der Waals surface area contributed by atoms with Gasteiger partial charge >= 0.3 is 5.97 Å². The third kappa shape index (κ3) is 3.02. The number of anilines is 1. The molecule has 2 rings (SSSR count). The summed E-state index contributed by atoms with van der Waals surface area (Å²) in [5.41, 5.74) is -0.173. The molecule has 0 saturated heterocycles. The fourth-order valence-electron chi connectivity index (χ4n) is 2.55. The first-order chi connectivity index (χ1) is 9.16. The number of hydrogen-bond acceptors (Lipinski definition) is 4. The summed E-state index contributed by atoms with van der Waals surface area (Å²) in [7, 11) is 0. The molecule has 2 N–H and O–H groups in total. The van der Waals surface area contributed by atoms with Crippen molar-refractivity contribution in [3.63, 3.8) is 0 Å². The van der Waals surface area contributed by atoms with Crippen molar-refractivity contribution in [1.82, 2.24) is 4.98 Å². The van der Waals surface area contributed by atoms with E-state index in [2.05, 4.69) is 10.3 Å². The lowest BCUT2D eigenvalue weighted by molar-refractivity contribution is -0.150. The molecule has 0 radical (unpaired) electrons. The molecule has 0 aromatic carbocycles. The van der Waals surface area contributed by atoms with Gasteiger partial charge in [0.15, 0.2) is 0 Å². The summed E-state index contributed by atoms with van der Waals surface area (Å²) in [6, 6.07) is 5.30. The highest BCUT2D eigenvalue weighted by Crippen LogP contribution is 2.36. The summed E-state index contributed by atoms with van der Waals surface area (Å²) in [6.45, 7) is 0.365. The summed E-state index contributed by atoms with van der Waals surface area (Å²) in [6.07, 6.45) is 5.98. The van der Waals surface area contributed by atoms with E-state index in [9.17, 15) is 9.90 Å². The quantitative estimate of drug-likeness (QED) is 0.867. The molecule has 1 saturated carbocycles. The van der Waals surface area contributed by atoms with E-state index in [0.29, 0.717) is 30.8 Å². The number of pyridine rings is 1. The summed E-state index contributed by atoms with van der Waals surface area (Å²) in [4.78, 5) is 15.6. The van der Waals surface area contributed by atoms with Gasteiger partial charge < -0.3 is 10.4 Å². The van der Waals surface area contributed by atoms with E-state index >= 15 is 0 Å². The number of carbonyl (C=O) groups is 1. The maximum atomic E-state index is 11.5. The SMILES string of the molecule is N#Cc1ccnc(NCC2(C(=O)O)CCCCC2)c1. The standard InChI is InChI=1S/C14H17N3O2/c15-9-11-4-7-16-12(8-11)17-10-14(13(18)19)5-2-1-3-6-14/h4,7-8H,1-3,5-6,10H2,(H,16,17)(H,18,19). The molecule has 0 bridgehead atoms. The largest absolute Gasteiger partial charge is 0.481 e. The fourth-order valence-corrected chi connectivity index (χ4v) is 2.55. The van der Waals surface area contributed by atoms with Gasteiger partial charge in [0.1, 0.15) is 5.82 Å². The highest BCUT2D eigenvalue weighted by Gasteiger charge is 2.39. The highest BCUT2D eigenvalue weighted by molar-refractivity contribution is 5.75. The predicted octanol–water partition coefficient (Wildman–Crippen LogP) is 2.40. The Morgan fingerprint density at radius 3 is 2.84 bits per heavy atom. The van der Waals surface area contributed by atoms with Gasteiger partial charge in [-0.1, -0.05) is 19.3 Å². The van der Waals surface area contributed by atoms with E-state index in [1.807, 2.05) is 6.07 Å². The summed E-state index contributed by atoms with van der Waals surface area (Å²) in [5, 5.41) is 21.3. The average molecular weight is 259 g/mol. The van der Waals surface area contributed by atoms with Gasteiger partial charge in [-0.3, -0.25) is 4.79 Å². The Morgan fingerprint density at radius 2 is 2.21 bits per heavy atom. The number of aliphatic carboxylic acids is 1. The highest BCUT2D eigenvalue weighted by atomic mass is 16.4. The number of carboxylic acid groups (broad SMARTS) is 1. The van der Waals surface area contributed by atoms with Gasteiger partial charge in [0.25, 0.3) is 0 Å². The van der Waals surface area contributed by atoms with E-state index in [0.717, 1.165) is 19.3 Å². The molecule has 5 nitrogen and oxygen atoms in total. The van der Waals surface area contributed by atoms with Crippen molar-refractivity contribution in [2.75, 3.05) is 11.9 Å². The van der Waals surface area contributed by atoms with Crippen LogP contribution < -0.4 is 5.32 Å². The van der Waals surface area contributed by atoms with Gasteiger partial charge in [0.2, 0.25) is 0 Å². The number of aromatic nitrogens is 1. The number of hydrogen-bond donors (Lipinski definition) is 2. The Bertz CT molecular complexity index is 502. The second-order valence-corrected chi connectivity index (χ2v) is 5.04. The summed E-state index contributed by atoms with van der Waals surface area (Å²) < 4.78 is 0. The van der Waals surface area contributed by atoms with Crippen LogP contribution >= 0.6 is 0 Å². The molecule has 1 aromatic rings. The van der Waals surface area contributed by atoms with Crippen molar-refractivity contribution < 1.29 is 9.90 Å². The topological polar surface area (TPSA) is 86.0 Å². The van der Waals surface area contributed by atoms with Gasteiger partial charge in [0.05, 0.1) is 17.0 Å². The number of nitrogens with one attached hydrogen (secondary N) is 1. The van der Waals surface area contributed by atoms with E-state index in [4.69, 9.17) is 5.26 Å². The van der Waals surface area contributed by atoms with Crippen LogP contribution in [0.25, 0.3) is 0 Å². The van der Waals surface area contributed by atoms with Gasteiger partial charge in [0, 0.05) is 12.7 Å². The minimum atomic E-state index is -0.740. The van der Waals surface area contributed by atoms with E-state index in [-0.39, 0.29) is 0 Å². The van der Waals surface area contributed by atoms with Crippen molar-refractivity contribution in [2.45, 2.75) is 32.1 Å². The third-order valence-corrected chi connectivity index (χ3v) is 3.76. The Labute approximate surface area is 112 Å². The molecule has 0 spiro atoms. The van der Waals surface area contributed by atoms with E-state index in [1.165, 1.54) is 0 Å². The molecular formula is C14H17N3O2. The van der Waals surface area contributed by atoms with Crippen LogP contribution in [0.4, 0.5) is 5.82 Å². The van der Waals surface area contributed by atoms with Crippen LogP contribution in [-0.4, -0.2) is 22.6 Å². The zero-order chi connectivity index (χ0) is 13.7. The molecule has 1 aromatic heterocycles. The van der Waals surface area contributed by atoms with Crippen molar-refractivity contribution in [3.8, 4) is 6.07 Å². The fraction of sp³-hybridized carbons (Fsp3) is 0.500. The van der Waals surface area contributed by atoms with Crippen molar-refractivity contribution in [1.29, 1.82) is 5.26 Å². The Morgan fingerprint density at radius 1 is 1.47 bits per heavy atom. The molecule has 0 amide bonds. The summed E-state index contributed by atoms with van der Waals surface area (Å²) >= 11 is 0. The van der Waals surface area contributed by atoms with E-state index in [1.54, 1.807) is 18.3 Å². The first kappa shape index (κ1) is 13.3. The van der Waals surface area contributed by atoms with Crippen LogP contribution in [0.1, 0.15) is 37.7 Å². The molecule has 19 heavy (non-hydrogen) atoms. The molecule has 0 aliphatic heterocycles. The predicted molar refractivity (Wildman–Crippen MR) is 70.6 cm³/mol. The number of rotatable bonds is 4. The molecule has 1 aliphatic carbocycles. The second-order valence-electron chi connectivity index (χ2n) is 5.04. The van der Waals surface area contributed by atoms with Crippen LogP contribution in [0.3, 0.4) is 0 Å². The summed E-state index contributed by atoms with van der Waals surface area (Å²) in [5.74, 6) is -0.179. The average Bonchev–Trinajstić information content (AvgIpc) is 2.46. The van der Waals surface area contributed by atoms with Crippen molar-refractivity contribution >= 4 is 11.8 Å². The lowest BCUT2D eigenvalue weighted by atomic mass is 9.74. The molecule has 1 aliphatic rings. The maximum Gasteiger partial charge on any atom is 0.311 e. The zero-order valence-corrected chi connectivity index (χ0v) is 10.7. The normalized spacial score (nSPS) is 17.4. The van der Waals surface area contributed by atoms with Crippen LogP contribution in [0.15, 0.2) is 18.3 Å². The monoisotopic (exact) mass is 259 g/mol. The van der Waals surface area contributed by atoms with Crippen molar-refractivity contribution in [3.05, 3.63) is 23.9 Å². The first-order valence-corrected chi connectivity index (χ1v) is 6.50. The molecule has 0 atom stereocenters. The number of carboxylic acids is 1. The molecular weight excluding hydrogens is 242 g/mol. The van der Waals surface area contributed by atoms with Crippen LogP contribution in [-0.2, 0) is 4.79 Å². The van der Waals surface area contributed by atoms with Crippen LogP contribution in [0, 0.1) is 16.7 Å². The van der Waals surface area contributed by atoms with Gasteiger partial charge in [-0.15, -0.1) is 0 Å². The second kappa shape index (κ2) is 5.70. The Kier molecular flexibility index (Phi) is 4.00. The molecule has 100 valence electrons. The molecule has 5 heteroatoms. The lowest BCUT2D eigenvalue weighted by Gasteiger charge is -2.33. The lowest BCUT2D eigenvalue weighted by Crippen LogP contribution is -2.39. The van der Waals surface area contributed by atoms with Gasteiger partial charge in [-0.05, 0) is 25.0 Å². The third-order valence-electron chi connectivity index (χ3n) is 3.76. The maximum absolute atomic E-state index is 11.5. The van der Waals surface area contributed by atoms with Gasteiger partial charge in [-0.25, -0.2) is 4.98 Å². The number of nitrogens with zero attached hydrogens (tertiary/aromatic N) is 2. The minimum absolute atomic E-state index is 0.365. The Balaban J connectivity index is 2.06. The molecule has 1 fully saturated rings. The Hall–Kier alpha value is -2.09. The molecule has 1 heterocycles. The van der Waals surface area contributed by atoms with Crippen LogP contribution in [0.2, 0.25) is 0 Å². The van der Waals surface area contributed by atoms with Crippen molar-refractivity contribution in [2.24, 2.45) is 5.41 Å². The van der Waals surface area contributed by atoms with Crippen LogP contribution in [0.5, 0.6) is 0 Å². The number of nitriles is 1. The smallest absolute Gasteiger partial charge is 0.311 e. The first-order valence-electron chi connectivity index (χ1n) is 6.50. The van der Waals surface area contributed by atoms with E-state index < -0.39 is 11.4 Å². The van der Waals surface area contributed by atoms with Gasteiger partial charge in [-0.2, -0.15) is 5.26 Å².